The number of ether oxygens (including phenoxy) is 1. The van der Waals surface area contributed by atoms with Crippen LogP contribution in [0.3, 0.4) is 0 Å². The van der Waals surface area contributed by atoms with Crippen LogP contribution in [-0.4, -0.2) is 47.4 Å². The number of nitrogens with zero attached hydrogens (tertiary/aromatic N) is 2. The molecule has 184 valence electrons. The molecule has 5 nitrogen and oxygen atoms in total. The molecule has 0 saturated carbocycles. The van der Waals surface area contributed by atoms with Crippen molar-refractivity contribution in [3.8, 4) is 5.75 Å². The molecule has 4 rings (SSSR count). The number of hydrogen-bond donors (Lipinski definition) is 0. The van der Waals surface area contributed by atoms with Crippen molar-refractivity contribution in [1.82, 2.24) is 9.80 Å². The minimum atomic E-state index is -0.228. The molecule has 0 N–H and O–H groups in total. The Hall–Kier alpha value is -2.54. The van der Waals surface area contributed by atoms with Gasteiger partial charge in [-0.1, -0.05) is 36.2 Å². The topological polar surface area (TPSA) is 49.9 Å². The van der Waals surface area contributed by atoms with E-state index in [1.54, 1.807) is 52.6 Å². The zero-order chi connectivity index (χ0) is 24.9. The lowest BCUT2D eigenvalue weighted by Crippen LogP contribution is -2.49. The summed E-state index contributed by atoms with van der Waals surface area (Å²) in [5.41, 5.74) is 1.59. The van der Waals surface area contributed by atoms with Crippen molar-refractivity contribution in [2.45, 2.75) is 38.8 Å². The Morgan fingerprint density at radius 3 is 2.63 bits per heavy atom. The predicted octanol–water partition coefficient (Wildman–Crippen LogP) is 6.50. The van der Waals surface area contributed by atoms with Gasteiger partial charge in [-0.25, -0.2) is 0 Å². The van der Waals surface area contributed by atoms with Gasteiger partial charge in [0, 0.05) is 33.1 Å². The molecule has 1 aromatic heterocycles. The molecule has 8 heteroatoms. The molecular formula is C27H28Cl2N2O3S. The first-order valence-electron chi connectivity index (χ1n) is 11.7. The standard InChI is InChI=1S/C27H28Cl2N2O3S/c1-3-18(2)31(27(33)19-5-4-6-21(29)15-19)16-26(32)30-13-11-25-23(12-14-35-25)24(30)17-34-22-9-7-20(28)8-10-22/h4-10,12,14-15,18,24H,3,11,13,16-17H2,1-2H3. The van der Waals surface area contributed by atoms with E-state index in [4.69, 9.17) is 27.9 Å². The van der Waals surface area contributed by atoms with Crippen LogP contribution in [0.4, 0.5) is 0 Å². The minimum Gasteiger partial charge on any atom is -0.491 e. The highest BCUT2D eigenvalue weighted by atomic mass is 35.5. The summed E-state index contributed by atoms with van der Waals surface area (Å²) in [6, 6.07) is 15.8. The van der Waals surface area contributed by atoms with Gasteiger partial charge < -0.3 is 14.5 Å². The monoisotopic (exact) mass is 530 g/mol. The molecule has 3 aromatic rings. The van der Waals surface area contributed by atoms with Gasteiger partial charge >= 0.3 is 0 Å². The van der Waals surface area contributed by atoms with Gasteiger partial charge in [0.25, 0.3) is 5.91 Å². The van der Waals surface area contributed by atoms with Gasteiger partial charge in [-0.05, 0) is 79.2 Å². The Morgan fingerprint density at radius 2 is 1.91 bits per heavy atom. The number of amides is 2. The molecule has 0 radical (unpaired) electrons. The summed E-state index contributed by atoms with van der Waals surface area (Å²) >= 11 is 13.8. The normalized spacial score (nSPS) is 15.9. The lowest BCUT2D eigenvalue weighted by molar-refractivity contribution is -0.136. The SMILES string of the molecule is CCC(C)N(CC(=O)N1CCc2sccc2C1COc1ccc(Cl)cc1)C(=O)c1cccc(Cl)c1. The Kier molecular flexibility index (Phi) is 8.37. The van der Waals surface area contributed by atoms with Crippen LogP contribution in [0.2, 0.25) is 10.0 Å². The largest absolute Gasteiger partial charge is 0.491 e. The third kappa shape index (κ3) is 6.00. The Balaban J connectivity index is 1.54. The predicted molar refractivity (Wildman–Crippen MR) is 142 cm³/mol. The average Bonchev–Trinajstić information content (AvgIpc) is 3.35. The van der Waals surface area contributed by atoms with Crippen LogP contribution in [-0.2, 0) is 11.2 Å². The van der Waals surface area contributed by atoms with E-state index in [9.17, 15) is 9.59 Å². The zero-order valence-corrected chi connectivity index (χ0v) is 22.1. The molecule has 0 aliphatic carbocycles. The molecule has 35 heavy (non-hydrogen) atoms. The number of hydrogen-bond acceptors (Lipinski definition) is 4. The maximum Gasteiger partial charge on any atom is 0.254 e. The molecule has 0 spiro atoms. The molecule has 0 fully saturated rings. The summed E-state index contributed by atoms with van der Waals surface area (Å²) < 4.78 is 6.07. The summed E-state index contributed by atoms with van der Waals surface area (Å²) in [7, 11) is 0. The summed E-state index contributed by atoms with van der Waals surface area (Å²) in [5, 5.41) is 3.19. The molecule has 0 bridgehead atoms. The number of carbonyl (C=O) groups is 2. The molecule has 2 aromatic carbocycles. The average molecular weight is 532 g/mol. The Labute approximate surface area is 220 Å². The van der Waals surface area contributed by atoms with Crippen LogP contribution in [0, 0.1) is 0 Å². The fraction of sp³-hybridized carbons (Fsp3) is 0.333. The lowest BCUT2D eigenvalue weighted by Gasteiger charge is -2.38. The quantitative estimate of drug-likeness (QED) is 0.334. The highest BCUT2D eigenvalue weighted by Gasteiger charge is 2.34. The smallest absolute Gasteiger partial charge is 0.254 e. The molecule has 2 heterocycles. The van der Waals surface area contributed by atoms with Crippen molar-refractivity contribution in [1.29, 1.82) is 0 Å². The van der Waals surface area contributed by atoms with Gasteiger partial charge in [0.15, 0.2) is 0 Å². The molecule has 2 unspecified atom stereocenters. The number of benzene rings is 2. The van der Waals surface area contributed by atoms with Crippen LogP contribution >= 0.6 is 34.5 Å². The second-order valence-electron chi connectivity index (χ2n) is 8.62. The van der Waals surface area contributed by atoms with Gasteiger partial charge in [0.1, 0.15) is 18.9 Å². The Bertz CT molecular complexity index is 1180. The van der Waals surface area contributed by atoms with E-state index in [1.807, 2.05) is 30.9 Å². The van der Waals surface area contributed by atoms with E-state index in [1.165, 1.54) is 4.88 Å². The zero-order valence-electron chi connectivity index (χ0n) is 19.7. The third-order valence-electron chi connectivity index (χ3n) is 6.40. The Morgan fingerprint density at radius 1 is 1.14 bits per heavy atom. The maximum atomic E-state index is 13.7. The highest BCUT2D eigenvalue weighted by molar-refractivity contribution is 7.10. The molecule has 1 aliphatic rings. The molecular weight excluding hydrogens is 503 g/mol. The van der Waals surface area contributed by atoms with Gasteiger partial charge in [-0.2, -0.15) is 0 Å². The van der Waals surface area contributed by atoms with E-state index in [-0.39, 0.29) is 30.4 Å². The number of thiophene rings is 1. The summed E-state index contributed by atoms with van der Waals surface area (Å²) in [6.45, 7) is 4.87. The summed E-state index contributed by atoms with van der Waals surface area (Å²) in [6.07, 6.45) is 1.53. The van der Waals surface area contributed by atoms with E-state index in [0.29, 0.717) is 34.5 Å². The maximum absolute atomic E-state index is 13.7. The number of carbonyl (C=O) groups excluding carboxylic acids is 2. The molecule has 0 saturated heterocycles. The van der Waals surface area contributed by atoms with E-state index >= 15 is 0 Å². The first-order valence-corrected chi connectivity index (χ1v) is 13.3. The third-order valence-corrected chi connectivity index (χ3v) is 7.88. The second kappa shape index (κ2) is 11.5. The summed E-state index contributed by atoms with van der Waals surface area (Å²) in [5.74, 6) is 0.404. The van der Waals surface area contributed by atoms with Crippen molar-refractivity contribution in [2.75, 3.05) is 19.7 Å². The van der Waals surface area contributed by atoms with Gasteiger partial charge in [-0.15, -0.1) is 11.3 Å². The van der Waals surface area contributed by atoms with Crippen molar-refractivity contribution in [2.24, 2.45) is 0 Å². The van der Waals surface area contributed by atoms with Crippen LogP contribution < -0.4 is 4.74 Å². The van der Waals surface area contributed by atoms with E-state index < -0.39 is 0 Å². The second-order valence-corrected chi connectivity index (χ2v) is 10.5. The van der Waals surface area contributed by atoms with Crippen molar-refractivity contribution < 1.29 is 14.3 Å². The molecule has 1 aliphatic heterocycles. The van der Waals surface area contributed by atoms with Gasteiger partial charge in [0.2, 0.25) is 5.91 Å². The number of rotatable bonds is 8. The van der Waals surface area contributed by atoms with Crippen LogP contribution in [0.1, 0.15) is 47.1 Å². The fourth-order valence-electron chi connectivity index (χ4n) is 4.25. The van der Waals surface area contributed by atoms with E-state index in [2.05, 4.69) is 11.4 Å². The molecule has 2 amide bonds. The lowest BCUT2D eigenvalue weighted by atomic mass is 10.00. The van der Waals surface area contributed by atoms with Crippen molar-refractivity contribution in [3.05, 3.63) is 86.0 Å². The number of fused-ring (bicyclic) bond motifs is 1. The first kappa shape index (κ1) is 25.5. The number of halogens is 2. The van der Waals surface area contributed by atoms with Crippen LogP contribution in [0.25, 0.3) is 0 Å². The first-order chi connectivity index (χ1) is 16.9. The highest BCUT2D eigenvalue weighted by Crippen LogP contribution is 2.34. The molecule has 2 atom stereocenters. The van der Waals surface area contributed by atoms with Crippen LogP contribution in [0.15, 0.2) is 60.0 Å². The minimum absolute atomic E-state index is 0.00271. The van der Waals surface area contributed by atoms with Gasteiger partial charge in [0.05, 0.1) is 6.04 Å². The fourth-order valence-corrected chi connectivity index (χ4v) is 5.50. The van der Waals surface area contributed by atoms with Crippen LogP contribution in [0.5, 0.6) is 5.75 Å². The van der Waals surface area contributed by atoms with Gasteiger partial charge in [-0.3, -0.25) is 9.59 Å². The van der Waals surface area contributed by atoms with Crippen molar-refractivity contribution >= 4 is 46.4 Å². The van der Waals surface area contributed by atoms with E-state index in [0.717, 1.165) is 18.4 Å². The van der Waals surface area contributed by atoms with Crippen molar-refractivity contribution in [3.63, 3.8) is 0 Å². The summed E-state index contributed by atoms with van der Waals surface area (Å²) in [4.78, 5) is 31.8.